The lowest BCUT2D eigenvalue weighted by molar-refractivity contribution is 0.145. The smallest absolute Gasteiger partial charge is 0.318 e. The topological polar surface area (TPSA) is 65.2 Å². The van der Waals surface area contributed by atoms with Crippen LogP contribution in [0.4, 0.5) is 4.79 Å². The van der Waals surface area contributed by atoms with E-state index in [2.05, 4.69) is 16.4 Å². The zero-order valence-electron chi connectivity index (χ0n) is 17.5. The van der Waals surface area contributed by atoms with Crippen molar-refractivity contribution in [1.82, 2.24) is 15.2 Å². The van der Waals surface area contributed by atoms with Crippen molar-refractivity contribution in [3.63, 3.8) is 0 Å². The number of H-pyrrole nitrogens is 1. The third-order valence-electron chi connectivity index (χ3n) is 6.63. The minimum atomic E-state index is -0.0885. The highest BCUT2D eigenvalue weighted by Crippen LogP contribution is 2.25. The average molecular weight is 396 g/mol. The number of amides is 2. The van der Waals surface area contributed by atoms with Gasteiger partial charge in [-0.2, -0.15) is 0 Å². The minimum absolute atomic E-state index is 0.00667. The van der Waals surface area contributed by atoms with Crippen LogP contribution in [0.3, 0.4) is 0 Å². The lowest BCUT2D eigenvalue weighted by atomic mass is 9.93. The molecule has 2 aliphatic rings. The molecule has 0 spiro atoms. The van der Waals surface area contributed by atoms with Crippen LogP contribution < -0.4 is 10.9 Å². The van der Waals surface area contributed by atoms with E-state index in [4.69, 9.17) is 0 Å². The first-order valence-electron chi connectivity index (χ1n) is 11.3. The van der Waals surface area contributed by atoms with Crippen molar-refractivity contribution in [3.8, 4) is 0 Å². The monoisotopic (exact) mass is 395 g/mol. The number of nitrogens with zero attached hydrogens (tertiary/aromatic N) is 1. The highest BCUT2D eigenvalue weighted by Gasteiger charge is 2.28. The number of rotatable bonds is 4. The van der Waals surface area contributed by atoms with Crippen LogP contribution in [0.15, 0.2) is 29.1 Å². The maximum Gasteiger partial charge on any atom is 0.318 e. The molecule has 1 aromatic carbocycles. The molecule has 1 aromatic heterocycles. The lowest BCUT2D eigenvalue weighted by Crippen LogP contribution is -2.50. The van der Waals surface area contributed by atoms with Crippen LogP contribution in [-0.4, -0.2) is 28.0 Å². The van der Waals surface area contributed by atoms with Gasteiger partial charge >= 0.3 is 6.03 Å². The summed E-state index contributed by atoms with van der Waals surface area (Å²) in [7, 11) is 0. The van der Waals surface area contributed by atoms with Crippen molar-refractivity contribution in [1.29, 1.82) is 0 Å². The van der Waals surface area contributed by atoms with Gasteiger partial charge in [-0.15, -0.1) is 0 Å². The number of aryl methyl sites for hydroxylation is 1. The number of aromatic amines is 1. The number of urea groups is 1. The summed E-state index contributed by atoms with van der Waals surface area (Å²) in [5, 5.41) is 4.29. The number of hydrogen-bond donors (Lipinski definition) is 2. The number of pyridine rings is 1. The van der Waals surface area contributed by atoms with Crippen molar-refractivity contribution in [2.75, 3.05) is 0 Å². The zero-order chi connectivity index (χ0) is 20.2. The van der Waals surface area contributed by atoms with E-state index in [1.54, 1.807) is 0 Å². The van der Waals surface area contributed by atoms with Gasteiger partial charge in [0.15, 0.2) is 0 Å². The zero-order valence-corrected chi connectivity index (χ0v) is 17.5. The second-order valence-corrected chi connectivity index (χ2v) is 8.92. The number of hydrogen-bond acceptors (Lipinski definition) is 2. The Bertz CT molecular complexity index is 908. The maximum absolute atomic E-state index is 13.2. The standard InChI is InChI=1S/C24H33N3O2/c1-17-12-13-18-15-19(23(28)26-22(18)14-17)16-27(21-10-6-3-7-11-21)24(29)25-20-8-4-2-5-9-20/h12-15,20-21H,2-11,16H2,1H3,(H,25,29)(H,26,28). The Balaban J connectivity index is 1.58. The molecular formula is C24H33N3O2. The van der Waals surface area contributed by atoms with Crippen molar-refractivity contribution >= 4 is 16.9 Å². The fraction of sp³-hybridized carbons (Fsp3) is 0.583. The normalized spacial score (nSPS) is 18.7. The number of nitrogens with one attached hydrogen (secondary N) is 2. The van der Waals surface area contributed by atoms with Crippen molar-refractivity contribution in [3.05, 3.63) is 45.7 Å². The summed E-state index contributed by atoms with van der Waals surface area (Å²) in [6.07, 6.45) is 11.4. The summed E-state index contributed by atoms with van der Waals surface area (Å²) >= 11 is 0. The summed E-state index contributed by atoms with van der Waals surface area (Å²) in [6.45, 7) is 2.40. The predicted molar refractivity (Wildman–Crippen MR) is 117 cm³/mol. The molecule has 2 amide bonds. The van der Waals surface area contributed by atoms with Crippen LogP contribution in [0.25, 0.3) is 10.9 Å². The molecule has 2 saturated carbocycles. The predicted octanol–water partition coefficient (Wildman–Crippen LogP) is 5.01. The van der Waals surface area contributed by atoms with Crippen LogP contribution in [0.5, 0.6) is 0 Å². The Kier molecular flexibility index (Phi) is 6.22. The lowest BCUT2D eigenvalue weighted by Gasteiger charge is -2.36. The molecule has 0 bridgehead atoms. The quantitative estimate of drug-likeness (QED) is 0.764. The molecule has 2 fully saturated rings. The Labute approximate surface area is 172 Å². The Morgan fingerprint density at radius 2 is 1.72 bits per heavy atom. The van der Waals surface area contributed by atoms with Gasteiger partial charge in [0, 0.05) is 23.2 Å². The van der Waals surface area contributed by atoms with Gasteiger partial charge in [-0.05, 0) is 55.7 Å². The molecule has 2 N–H and O–H groups in total. The number of benzene rings is 1. The third kappa shape index (κ3) is 4.82. The van der Waals surface area contributed by atoms with Crippen LogP contribution in [0.2, 0.25) is 0 Å². The van der Waals surface area contributed by atoms with Gasteiger partial charge in [0.1, 0.15) is 0 Å². The summed E-state index contributed by atoms with van der Waals surface area (Å²) in [4.78, 5) is 31.0. The SMILES string of the molecule is Cc1ccc2cc(CN(C(=O)NC3CCCCC3)C3CCCCC3)c(=O)[nH]c2c1. The number of carbonyl (C=O) groups excluding carboxylic acids is 1. The Hall–Kier alpha value is -2.30. The first kappa shape index (κ1) is 20.0. The number of fused-ring (bicyclic) bond motifs is 1. The van der Waals surface area contributed by atoms with Gasteiger partial charge in [-0.3, -0.25) is 4.79 Å². The molecule has 156 valence electrons. The molecule has 2 aliphatic carbocycles. The van der Waals surface area contributed by atoms with Gasteiger partial charge in [0.05, 0.1) is 6.54 Å². The fourth-order valence-corrected chi connectivity index (χ4v) is 4.92. The van der Waals surface area contributed by atoms with Gasteiger partial charge in [-0.1, -0.05) is 50.7 Å². The summed E-state index contributed by atoms with van der Waals surface area (Å²) in [6, 6.07) is 8.55. The molecule has 5 heteroatoms. The molecule has 4 rings (SSSR count). The van der Waals surface area contributed by atoms with Gasteiger partial charge in [0.25, 0.3) is 5.56 Å². The van der Waals surface area contributed by atoms with E-state index < -0.39 is 0 Å². The summed E-state index contributed by atoms with van der Waals surface area (Å²) in [5.41, 5.74) is 2.56. The van der Waals surface area contributed by atoms with Gasteiger partial charge in [-0.25, -0.2) is 4.79 Å². The van der Waals surface area contributed by atoms with Crippen LogP contribution in [-0.2, 0) is 6.54 Å². The molecule has 1 heterocycles. The molecule has 29 heavy (non-hydrogen) atoms. The highest BCUT2D eigenvalue weighted by atomic mass is 16.2. The molecule has 0 aliphatic heterocycles. The summed E-state index contributed by atoms with van der Waals surface area (Å²) in [5.74, 6) is 0. The third-order valence-corrected chi connectivity index (χ3v) is 6.63. The van der Waals surface area contributed by atoms with E-state index in [1.165, 1.54) is 25.7 Å². The van der Waals surface area contributed by atoms with E-state index in [9.17, 15) is 9.59 Å². The van der Waals surface area contributed by atoms with Crippen LogP contribution >= 0.6 is 0 Å². The van der Waals surface area contributed by atoms with E-state index in [-0.39, 0.29) is 23.7 Å². The number of carbonyl (C=O) groups is 1. The first-order chi connectivity index (χ1) is 14.1. The van der Waals surface area contributed by atoms with Crippen molar-refractivity contribution < 1.29 is 4.79 Å². The molecule has 0 radical (unpaired) electrons. The van der Waals surface area contributed by atoms with Crippen LogP contribution in [0, 0.1) is 6.92 Å². The van der Waals surface area contributed by atoms with E-state index in [0.29, 0.717) is 12.1 Å². The largest absolute Gasteiger partial charge is 0.335 e. The Morgan fingerprint density at radius 3 is 2.45 bits per heavy atom. The molecule has 0 unspecified atom stereocenters. The number of aromatic nitrogens is 1. The van der Waals surface area contributed by atoms with Gasteiger partial charge < -0.3 is 15.2 Å². The second-order valence-electron chi connectivity index (χ2n) is 8.92. The molecule has 5 nitrogen and oxygen atoms in total. The average Bonchev–Trinajstić information content (AvgIpc) is 2.73. The maximum atomic E-state index is 13.2. The van der Waals surface area contributed by atoms with E-state index in [0.717, 1.165) is 55.0 Å². The van der Waals surface area contributed by atoms with E-state index in [1.807, 2.05) is 30.0 Å². The van der Waals surface area contributed by atoms with E-state index >= 15 is 0 Å². The Morgan fingerprint density at radius 1 is 1.03 bits per heavy atom. The van der Waals surface area contributed by atoms with Crippen molar-refractivity contribution in [2.24, 2.45) is 0 Å². The highest BCUT2D eigenvalue weighted by molar-refractivity contribution is 5.80. The molecular weight excluding hydrogens is 362 g/mol. The minimum Gasteiger partial charge on any atom is -0.335 e. The molecule has 0 saturated heterocycles. The second kappa shape index (κ2) is 9.02. The fourth-order valence-electron chi connectivity index (χ4n) is 4.92. The van der Waals surface area contributed by atoms with Crippen LogP contribution in [0.1, 0.15) is 75.3 Å². The first-order valence-corrected chi connectivity index (χ1v) is 11.3. The van der Waals surface area contributed by atoms with Crippen molar-refractivity contribution in [2.45, 2.75) is 89.8 Å². The molecule has 0 atom stereocenters. The molecule has 2 aromatic rings. The van der Waals surface area contributed by atoms with Gasteiger partial charge in [0.2, 0.25) is 0 Å². The summed E-state index contributed by atoms with van der Waals surface area (Å²) < 4.78 is 0.